The Morgan fingerprint density at radius 1 is 1.32 bits per heavy atom. The van der Waals surface area contributed by atoms with Gasteiger partial charge in [0.25, 0.3) is 0 Å². The zero-order valence-electron chi connectivity index (χ0n) is 10.6. The predicted molar refractivity (Wildman–Crippen MR) is 65.5 cm³/mol. The van der Waals surface area contributed by atoms with Crippen LogP contribution in [-0.4, -0.2) is 53.8 Å². The van der Waals surface area contributed by atoms with Crippen molar-refractivity contribution in [1.29, 1.82) is 0 Å². The minimum atomic E-state index is -0.995. The van der Waals surface area contributed by atoms with Gasteiger partial charge in [-0.15, -0.1) is 0 Å². The van der Waals surface area contributed by atoms with Gasteiger partial charge in [-0.1, -0.05) is 12.8 Å². The fourth-order valence-corrected chi connectivity index (χ4v) is 2.02. The van der Waals surface area contributed by atoms with E-state index in [9.17, 15) is 14.4 Å². The molecule has 1 aliphatic heterocycles. The van der Waals surface area contributed by atoms with Crippen LogP contribution in [0.4, 0.5) is 9.59 Å². The van der Waals surface area contributed by atoms with Gasteiger partial charge >= 0.3 is 18.1 Å². The summed E-state index contributed by atoms with van der Waals surface area (Å²) in [7, 11) is 0. The molecule has 1 unspecified atom stereocenters. The lowest BCUT2D eigenvalue weighted by molar-refractivity contribution is -0.142. The number of aliphatic carboxylic acids is 1. The number of hydrogen-bond donors (Lipinski definition) is 3. The van der Waals surface area contributed by atoms with E-state index in [1.54, 1.807) is 0 Å². The molecular formula is C11H19N3O5. The lowest BCUT2D eigenvalue weighted by atomic mass is 10.1. The number of nitrogens with two attached hydrogens (primary N) is 1. The molecule has 0 bridgehead atoms. The number of primary amides is 1. The van der Waals surface area contributed by atoms with Crippen LogP contribution in [0.15, 0.2) is 0 Å². The number of nitrogens with zero attached hydrogens (tertiary/aromatic N) is 1. The third kappa shape index (κ3) is 5.02. The Labute approximate surface area is 110 Å². The Hall–Kier alpha value is -1.99. The Morgan fingerprint density at radius 2 is 2.05 bits per heavy atom. The molecule has 0 saturated carbocycles. The van der Waals surface area contributed by atoms with Crippen molar-refractivity contribution in [2.75, 3.05) is 19.7 Å². The number of hydrogen-bond acceptors (Lipinski definition) is 4. The van der Waals surface area contributed by atoms with Gasteiger partial charge in [0.1, 0.15) is 12.6 Å². The highest BCUT2D eigenvalue weighted by Crippen LogP contribution is 2.17. The first kappa shape index (κ1) is 15.1. The van der Waals surface area contributed by atoms with Crippen molar-refractivity contribution < 1.29 is 24.2 Å². The summed E-state index contributed by atoms with van der Waals surface area (Å²) in [4.78, 5) is 34.7. The van der Waals surface area contributed by atoms with Gasteiger partial charge in [-0.3, -0.25) is 0 Å². The number of ether oxygens (including phenoxy) is 1. The molecule has 1 rings (SSSR count). The SMILES string of the molecule is NC(=O)OCCNC(=O)N1CCCCCC1C(=O)O. The fraction of sp³-hybridized carbons (Fsp3) is 0.727. The molecule has 3 amide bonds. The smallest absolute Gasteiger partial charge is 0.404 e. The zero-order chi connectivity index (χ0) is 14.3. The molecule has 8 nitrogen and oxygen atoms in total. The molecule has 1 heterocycles. The van der Waals surface area contributed by atoms with Crippen LogP contribution in [0.1, 0.15) is 25.7 Å². The number of rotatable bonds is 4. The maximum atomic E-state index is 11.9. The quantitative estimate of drug-likeness (QED) is 0.628. The highest BCUT2D eigenvalue weighted by molar-refractivity contribution is 5.82. The monoisotopic (exact) mass is 273 g/mol. The second-order valence-electron chi connectivity index (χ2n) is 4.30. The highest BCUT2D eigenvalue weighted by atomic mass is 16.5. The number of carboxylic acid groups (broad SMARTS) is 1. The first-order valence-corrected chi connectivity index (χ1v) is 6.22. The normalized spacial score (nSPS) is 19.4. The standard InChI is InChI=1S/C11H19N3O5/c12-10(17)19-7-5-13-11(18)14-6-3-1-2-4-8(14)9(15)16/h8H,1-7H2,(H2,12,17)(H,13,18)(H,15,16). The lowest BCUT2D eigenvalue weighted by Crippen LogP contribution is -2.49. The van der Waals surface area contributed by atoms with Crippen molar-refractivity contribution in [2.24, 2.45) is 5.73 Å². The second kappa shape index (κ2) is 7.45. The Balaban J connectivity index is 2.46. The van der Waals surface area contributed by atoms with E-state index < -0.39 is 24.1 Å². The molecule has 1 saturated heterocycles. The third-order valence-corrected chi connectivity index (χ3v) is 2.92. The largest absolute Gasteiger partial charge is 0.480 e. The summed E-state index contributed by atoms with van der Waals surface area (Å²) >= 11 is 0. The summed E-state index contributed by atoms with van der Waals surface area (Å²) in [5.74, 6) is -0.995. The van der Waals surface area contributed by atoms with Gasteiger partial charge in [0, 0.05) is 6.54 Å². The summed E-state index contributed by atoms with van der Waals surface area (Å²) in [6.07, 6.45) is 2.05. The summed E-state index contributed by atoms with van der Waals surface area (Å²) in [6.45, 7) is 0.483. The first-order chi connectivity index (χ1) is 9.02. The molecule has 0 radical (unpaired) electrons. The molecule has 0 aromatic rings. The van der Waals surface area contributed by atoms with Crippen LogP contribution in [-0.2, 0) is 9.53 Å². The van der Waals surface area contributed by atoms with Crippen molar-refractivity contribution in [1.82, 2.24) is 10.2 Å². The lowest BCUT2D eigenvalue weighted by Gasteiger charge is -2.27. The fourth-order valence-electron chi connectivity index (χ4n) is 2.02. The van der Waals surface area contributed by atoms with E-state index >= 15 is 0 Å². The van der Waals surface area contributed by atoms with Gasteiger partial charge < -0.3 is 25.8 Å². The van der Waals surface area contributed by atoms with Gasteiger partial charge in [0.05, 0.1) is 6.54 Å². The van der Waals surface area contributed by atoms with Crippen LogP contribution >= 0.6 is 0 Å². The molecule has 8 heteroatoms. The van der Waals surface area contributed by atoms with Crippen LogP contribution < -0.4 is 11.1 Å². The Bertz CT molecular complexity index is 347. The van der Waals surface area contributed by atoms with Gasteiger partial charge in [0.2, 0.25) is 0 Å². The number of carbonyl (C=O) groups is 3. The Morgan fingerprint density at radius 3 is 2.68 bits per heavy atom. The molecular weight excluding hydrogens is 254 g/mol. The van der Waals surface area contributed by atoms with Crippen LogP contribution in [0, 0.1) is 0 Å². The van der Waals surface area contributed by atoms with Crippen LogP contribution in [0.5, 0.6) is 0 Å². The maximum Gasteiger partial charge on any atom is 0.404 e. The van der Waals surface area contributed by atoms with E-state index in [1.807, 2.05) is 0 Å². The number of amides is 3. The minimum Gasteiger partial charge on any atom is -0.480 e. The van der Waals surface area contributed by atoms with Crippen LogP contribution in [0.3, 0.4) is 0 Å². The van der Waals surface area contributed by atoms with E-state index in [4.69, 9.17) is 10.8 Å². The van der Waals surface area contributed by atoms with Crippen molar-refractivity contribution in [3.8, 4) is 0 Å². The average Bonchev–Trinajstić information content (AvgIpc) is 2.59. The van der Waals surface area contributed by atoms with Gasteiger partial charge in [-0.2, -0.15) is 0 Å². The second-order valence-corrected chi connectivity index (χ2v) is 4.30. The molecule has 4 N–H and O–H groups in total. The molecule has 19 heavy (non-hydrogen) atoms. The summed E-state index contributed by atoms with van der Waals surface area (Å²) in [5, 5.41) is 11.6. The molecule has 0 aliphatic carbocycles. The zero-order valence-corrected chi connectivity index (χ0v) is 10.6. The molecule has 0 spiro atoms. The number of likely N-dealkylation sites (tertiary alicyclic amines) is 1. The molecule has 1 aliphatic rings. The van der Waals surface area contributed by atoms with Crippen molar-refractivity contribution in [2.45, 2.75) is 31.7 Å². The van der Waals surface area contributed by atoms with Crippen LogP contribution in [0.2, 0.25) is 0 Å². The molecule has 108 valence electrons. The van der Waals surface area contributed by atoms with Gasteiger partial charge in [-0.25, -0.2) is 14.4 Å². The first-order valence-electron chi connectivity index (χ1n) is 6.22. The number of urea groups is 1. The third-order valence-electron chi connectivity index (χ3n) is 2.92. The molecule has 0 aromatic carbocycles. The van der Waals surface area contributed by atoms with E-state index in [0.29, 0.717) is 13.0 Å². The summed E-state index contributed by atoms with van der Waals surface area (Å²) < 4.78 is 4.47. The number of carboxylic acids is 1. The van der Waals surface area contributed by atoms with E-state index in [0.717, 1.165) is 19.3 Å². The van der Waals surface area contributed by atoms with Crippen LogP contribution in [0.25, 0.3) is 0 Å². The Kier molecular flexibility index (Phi) is 5.91. The summed E-state index contributed by atoms with van der Waals surface area (Å²) in [5.41, 5.74) is 4.77. The number of carbonyl (C=O) groups excluding carboxylic acids is 2. The molecule has 1 atom stereocenters. The van der Waals surface area contributed by atoms with E-state index in [1.165, 1.54) is 4.90 Å². The van der Waals surface area contributed by atoms with Crippen molar-refractivity contribution in [3.63, 3.8) is 0 Å². The number of nitrogens with one attached hydrogen (secondary N) is 1. The average molecular weight is 273 g/mol. The topological polar surface area (TPSA) is 122 Å². The molecule has 0 aromatic heterocycles. The van der Waals surface area contributed by atoms with Crippen molar-refractivity contribution >= 4 is 18.1 Å². The highest BCUT2D eigenvalue weighted by Gasteiger charge is 2.30. The molecule has 1 fully saturated rings. The predicted octanol–water partition coefficient (Wildman–Crippen LogP) is 0.120. The van der Waals surface area contributed by atoms with E-state index in [-0.39, 0.29) is 13.2 Å². The van der Waals surface area contributed by atoms with Gasteiger partial charge in [0.15, 0.2) is 0 Å². The van der Waals surface area contributed by atoms with E-state index in [2.05, 4.69) is 10.1 Å². The summed E-state index contributed by atoms with van der Waals surface area (Å²) in [6, 6.07) is -1.25. The van der Waals surface area contributed by atoms with Gasteiger partial charge in [-0.05, 0) is 12.8 Å². The minimum absolute atomic E-state index is 0.0351. The maximum absolute atomic E-state index is 11.9. The van der Waals surface area contributed by atoms with Crippen molar-refractivity contribution in [3.05, 3.63) is 0 Å².